The van der Waals surface area contributed by atoms with Gasteiger partial charge in [0.2, 0.25) is 17.7 Å². The molecule has 0 saturated carbocycles. The summed E-state index contributed by atoms with van der Waals surface area (Å²) < 4.78 is 0. The van der Waals surface area contributed by atoms with E-state index in [1.165, 1.54) is 31.2 Å². The smallest absolute Gasteiger partial charge is 0.327 e. The molecule has 1 saturated heterocycles. The third kappa shape index (κ3) is 4.05. The Morgan fingerprint density at radius 2 is 2.12 bits per heavy atom. The summed E-state index contributed by atoms with van der Waals surface area (Å²) in [5, 5.41) is 20.1. The molecular formula is C15H16N2O6S. The number of hydrogen-bond donors (Lipinski definition) is 3. The second-order valence-corrected chi connectivity index (χ2v) is 6.44. The Labute approximate surface area is 141 Å². The molecule has 0 aromatic heterocycles. The number of aliphatic carboxylic acids is 1. The minimum atomic E-state index is -1.21. The first kappa shape index (κ1) is 17.8. The van der Waals surface area contributed by atoms with E-state index < -0.39 is 35.0 Å². The predicted molar refractivity (Wildman–Crippen MR) is 86.7 cm³/mol. The first-order valence-electron chi connectivity index (χ1n) is 7.07. The van der Waals surface area contributed by atoms with Gasteiger partial charge in [0.15, 0.2) is 0 Å². The van der Waals surface area contributed by atoms with Crippen LogP contribution in [0.3, 0.4) is 0 Å². The van der Waals surface area contributed by atoms with Crippen LogP contribution in [0.4, 0.5) is 5.69 Å². The topological polar surface area (TPSA) is 124 Å². The van der Waals surface area contributed by atoms with Crippen molar-refractivity contribution in [1.82, 2.24) is 5.32 Å². The Bertz CT molecular complexity index is 692. The van der Waals surface area contributed by atoms with Crippen LogP contribution in [0, 0.1) is 0 Å². The molecule has 1 aromatic rings. The van der Waals surface area contributed by atoms with Gasteiger partial charge < -0.3 is 15.5 Å². The fraction of sp³-hybridized carbons (Fsp3) is 0.333. The van der Waals surface area contributed by atoms with Crippen LogP contribution in [0.2, 0.25) is 0 Å². The standard InChI is InChI=1S/C15H16N2O6S/c1-8(18)16-11(15(22)23)7-24-12-6-13(20)17(14(12)21)9-3-2-4-10(19)5-9/h2-5,11-12,19H,6-7H2,1H3,(H,16,18)(H,22,23). The Kier molecular flexibility index (Phi) is 5.45. The molecule has 8 nitrogen and oxygen atoms in total. The van der Waals surface area contributed by atoms with E-state index in [1.54, 1.807) is 0 Å². The van der Waals surface area contributed by atoms with Gasteiger partial charge in [0, 0.05) is 25.2 Å². The highest BCUT2D eigenvalue weighted by atomic mass is 32.2. The van der Waals surface area contributed by atoms with E-state index >= 15 is 0 Å². The molecule has 2 rings (SSSR count). The van der Waals surface area contributed by atoms with Crippen molar-refractivity contribution >= 4 is 41.1 Å². The van der Waals surface area contributed by atoms with Gasteiger partial charge in [0.25, 0.3) is 0 Å². The fourth-order valence-electron chi connectivity index (χ4n) is 2.27. The minimum absolute atomic E-state index is 0.0352. The average Bonchev–Trinajstić information content (AvgIpc) is 2.77. The van der Waals surface area contributed by atoms with Crippen LogP contribution in [-0.4, -0.2) is 50.9 Å². The number of imide groups is 1. The number of carboxylic acid groups (broad SMARTS) is 1. The summed E-state index contributed by atoms with van der Waals surface area (Å²) in [6.07, 6.45) is -0.0639. The van der Waals surface area contributed by atoms with Gasteiger partial charge in [-0.3, -0.25) is 14.4 Å². The van der Waals surface area contributed by atoms with Gasteiger partial charge in [0.05, 0.1) is 10.9 Å². The van der Waals surface area contributed by atoms with Crippen LogP contribution in [0.5, 0.6) is 5.75 Å². The van der Waals surface area contributed by atoms with E-state index in [2.05, 4.69) is 5.32 Å². The molecule has 1 aliphatic heterocycles. The van der Waals surface area contributed by atoms with E-state index in [-0.39, 0.29) is 23.6 Å². The Hall–Kier alpha value is -2.55. The Morgan fingerprint density at radius 3 is 2.71 bits per heavy atom. The lowest BCUT2D eigenvalue weighted by Crippen LogP contribution is -2.42. The van der Waals surface area contributed by atoms with Crippen LogP contribution >= 0.6 is 11.8 Å². The summed E-state index contributed by atoms with van der Waals surface area (Å²) in [4.78, 5) is 47.6. The van der Waals surface area contributed by atoms with E-state index in [0.29, 0.717) is 0 Å². The number of aromatic hydroxyl groups is 1. The first-order chi connectivity index (χ1) is 11.3. The number of carboxylic acids is 1. The zero-order chi connectivity index (χ0) is 17.9. The lowest BCUT2D eigenvalue weighted by Gasteiger charge is -2.16. The van der Waals surface area contributed by atoms with Gasteiger partial charge in [-0.1, -0.05) is 6.07 Å². The molecule has 1 aliphatic rings. The maximum Gasteiger partial charge on any atom is 0.327 e. The zero-order valence-electron chi connectivity index (χ0n) is 12.8. The second kappa shape index (κ2) is 7.35. The average molecular weight is 352 g/mol. The molecule has 1 heterocycles. The van der Waals surface area contributed by atoms with Crippen molar-refractivity contribution in [2.24, 2.45) is 0 Å². The summed E-state index contributed by atoms with van der Waals surface area (Å²) in [5.41, 5.74) is 0.268. The van der Waals surface area contributed by atoms with Crippen LogP contribution < -0.4 is 10.2 Å². The molecule has 0 aliphatic carbocycles. The molecule has 1 fully saturated rings. The number of phenolic OH excluding ortho intramolecular Hbond substituents is 1. The third-order valence-corrected chi connectivity index (χ3v) is 4.63. The molecule has 2 atom stereocenters. The highest BCUT2D eigenvalue weighted by Gasteiger charge is 2.40. The van der Waals surface area contributed by atoms with Crippen molar-refractivity contribution in [3.63, 3.8) is 0 Å². The van der Waals surface area contributed by atoms with Gasteiger partial charge in [-0.15, -0.1) is 11.8 Å². The van der Waals surface area contributed by atoms with Crippen LogP contribution in [0.1, 0.15) is 13.3 Å². The second-order valence-electron chi connectivity index (χ2n) is 5.20. The number of rotatable bonds is 6. The molecular weight excluding hydrogens is 336 g/mol. The van der Waals surface area contributed by atoms with Gasteiger partial charge in [-0.2, -0.15) is 0 Å². The molecule has 0 spiro atoms. The summed E-state index contributed by atoms with van der Waals surface area (Å²) in [6, 6.07) is 4.64. The highest BCUT2D eigenvalue weighted by Crippen LogP contribution is 2.31. The van der Waals surface area contributed by atoms with E-state index in [9.17, 15) is 24.3 Å². The molecule has 24 heavy (non-hydrogen) atoms. The summed E-state index contributed by atoms with van der Waals surface area (Å²) in [7, 11) is 0. The quantitative estimate of drug-likeness (QED) is 0.631. The molecule has 3 amide bonds. The number of carbonyl (C=O) groups is 4. The summed E-state index contributed by atoms with van der Waals surface area (Å²) >= 11 is 1.01. The maximum atomic E-state index is 12.4. The number of nitrogens with zero attached hydrogens (tertiary/aromatic N) is 1. The molecule has 2 unspecified atom stereocenters. The number of amides is 3. The Morgan fingerprint density at radius 1 is 1.42 bits per heavy atom. The maximum absolute atomic E-state index is 12.4. The lowest BCUT2D eigenvalue weighted by atomic mass is 10.3. The number of nitrogens with one attached hydrogen (secondary N) is 1. The largest absolute Gasteiger partial charge is 0.508 e. The molecule has 1 aromatic carbocycles. The minimum Gasteiger partial charge on any atom is -0.508 e. The van der Waals surface area contributed by atoms with Crippen molar-refractivity contribution < 1.29 is 29.4 Å². The third-order valence-electron chi connectivity index (χ3n) is 3.33. The number of thioether (sulfide) groups is 1. The molecule has 128 valence electrons. The number of hydrogen-bond acceptors (Lipinski definition) is 6. The first-order valence-corrected chi connectivity index (χ1v) is 8.12. The highest BCUT2D eigenvalue weighted by molar-refractivity contribution is 8.00. The fourth-order valence-corrected chi connectivity index (χ4v) is 3.43. The molecule has 0 bridgehead atoms. The zero-order valence-corrected chi connectivity index (χ0v) is 13.6. The Balaban J connectivity index is 2.06. The number of anilines is 1. The number of phenols is 1. The number of carbonyl (C=O) groups excluding carboxylic acids is 3. The van der Waals surface area contributed by atoms with Gasteiger partial charge in [0.1, 0.15) is 11.8 Å². The summed E-state index contributed by atoms with van der Waals surface area (Å²) in [6.45, 7) is 1.20. The predicted octanol–water partition coefficient (Wildman–Crippen LogP) is 0.347. The van der Waals surface area contributed by atoms with E-state index in [0.717, 1.165) is 16.7 Å². The number of benzene rings is 1. The van der Waals surface area contributed by atoms with E-state index in [1.807, 2.05) is 0 Å². The van der Waals surface area contributed by atoms with Gasteiger partial charge >= 0.3 is 5.97 Å². The monoisotopic (exact) mass is 352 g/mol. The molecule has 0 radical (unpaired) electrons. The lowest BCUT2D eigenvalue weighted by molar-refractivity contribution is -0.140. The van der Waals surface area contributed by atoms with Crippen LogP contribution in [0.15, 0.2) is 24.3 Å². The SMILES string of the molecule is CC(=O)NC(CSC1CC(=O)N(c2cccc(O)c2)C1=O)C(=O)O. The van der Waals surface area contributed by atoms with Gasteiger partial charge in [-0.25, -0.2) is 9.69 Å². The van der Waals surface area contributed by atoms with Crippen molar-refractivity contribution in [3.05, 3.63) is 24.3 Å². The van der Waals surface area contributed by atoms with Crippen molar-refractivity contribution in [3.8, 4) is 5.75 Å². The van der Waals surface area contributed by atoms with E-state index in [4.69, 9.17) is 5.11 Å². The summed E-state index contributed by atoms with van der Waals surface area (Å²) in [5.74, 6) is -2.69. The molecule has 9 heteroatoms. The normalized spacial score (nSPS) is 18.5. The van der Waals surface area contributed by atoms with Crippen molar-refractivity contribution in [1.29, 1.82) is 0 Å². The van der Waals surface area contributed by atoms with Crippen LogP contribution in [0.25, 0.3) is 0 Å². The van der Waals surface area contributed by atoms with Crippen molar-refractivity contribution in [2.45, 2.75) is 24.6 Å². The van der Waals surface area contributed by atoms with Crippen LogP contribution in [-0.2, 0) is 19.2 Å². The van der Waals surface area contributed by atoms with Crippen molar-refractivity contribution in [2.75, 3.05) is 10.7 Å². The van der Waals surface area contributed by atoms with Gasteiger partial charge in [-0.05, 0) is 12.1 Å². The molecule has 3 N–H and O–H groups in total.